The second kappa shape index (κ2) is 6.20. The molecule has 5 heteroatoms. The Kier molecular flexibility index (Phi) is 4.32. The first-order valence-electron chi connectivity index (χ1n) is 5.85. The lowest BCUT2D eigenvalue weighted by atomic mass is 10.2. The Bertz CT molecular complexity index is 350. The van der Waals surface area contributed by atoms with Crippen LogP contribution in [0, 0.1) is 0 Å². The van der Waals surface area contributed by atoms with E-state index in [-0.39, 0.29) is 12.1 Å². The lowest BCUT2D eigenvalue weighted by molar-refractivity contribution is 0.188. The summed E-state index contributed by atoms with van der Waals surface area (Å²) in [4.78, 5) is 15.4. The molecule has 0 radical (unpaired) electrons. The first kappa shape index (κ1) is 11.9. The fourth-order valence-corrected chi connectivity index (χ4v) is 1.75. The Morgan fingerprint density at radius 2 is 2.29 bits per heavy atom. The van der Waals surface area contributed by atoms with Crippen LogP contribution in [0.4, 0.5) is 4.79 Å². The van der Waals surface area contributed by atoms with Crippen molar-refractivity contribution in [2.75, 3.05) is 19.8 Å². The molecule has 1 saturated heterocycles. The Hall–Kier alpha value is -1.62. The number of pyridine rings is 1. The molecule has 1 aromatic rings. The minimum absolute atomic E-state index is 0.116. The van der Waals surface area contributed by atoms with E-state index in [4.69, 9.17) is 4.74 Å². The van der Waals surface area contributed by atoms with Gasteiger partial charge in [0.25, 0.3) is 0 Å². The molecule has 0 aromatic carbocycles. The molecule has 0 saturated carbocycles. The van der Waals surface area contributed by atoms with Gasteiger partial charge in [-0.1, -0.05) is 0 Å². The predicted octanol–water partition coefficient (Wildman–Crippen LogP) is 0.712. The van der Waals surface area contributed by atoms with E-state index in [0.717, 1.165) is 19.4 Å². The summed E-state index contributed by atoms with van der Waals surface area (Å²) in [5, 5.41) is 5.71. The van der Waals surface area contributed by atoms with Gasteiger partial charge in [-0.15, -0.1) is 0 Å². The van der Waals surface area contributed by atoms with Crippen LogP contribution >= 0.6 is 0 Å². The zero-order chi connectivity index (χ0) is 11.9. The van der Waals surface area contributed by atoms with E-state index in [1.807, 2.05) is 12.1 Å². The van der Waals surface area contributed by atoms with Crippen LogP contribution in [0.3, 0.4) is 0 Å². The van der Waals surface area contributed by atoms with Gasteiger partial charge < -0.3 is 15.4 Å². The van der Waals surface area contributed by atoms with Gasteiger partial charge in [-0.25, -0.2) is 4.79 Å². The zero-order valence-electron chi connectivity index (χ0n) is 9.69. The van der Waals surface area contributed by atoms with Crippen molar-refractivity contribution in [3.8, 4) is 0 Å². The third-order valence-electron chi connectivity index (χ3n) is 2.71. The Balaban J connectivity index is 1.63. The van der Waals surface area contributed by atoms with E-state index in [0.29, 0.717) is 13.2 Å². The molecule has 1 aliphatic rings. The van der Waals surface area contributed by atoms with E-state index in [1.54, 1.807) is 12.4 Å². The number of nitrogens with one attached hydrogen (secondary N) is 2. The largest absolute Gasteiger partial charge is 0.379 e. The van der Waals surface area contributed by atoms with Crippen molar-refractivity contribution in [1.29, 1.82) is 0 Å². The van der Waals surface area contributed by atoms with E-state index < -0.39 is 0 Å². The van der Waals surface area contributed by atoms with Gasteiger partial charge in [-0.3, -0.25) is 4.98 Å². The number of ether oxygens (including phenoxy) is 1. The quantitative estimate of drug-likeness (QED) is 0.808. The molecule has 0 spiro atoms. The summed E-state index contributed by atoms with van der Waals surface area (Å²) >= 11 is 0. The van der Waals surface area contributed by atoms with Gasteiger partial charge in [0.2, 0.25) is 0 Å². The molecule has 5 nitrogen and oxygen atoms in total. The summed E-state index contributed by atoms with van der Waals surface area (Å²) in [5.41, 5.74) is 1.17. The molecule has 0 bridgehead atoms. The Morgan fingerprint density at radius 3 is 3.00 bits per heavy atom. The topological polar surface area (TPSA) is 63.2 Å². The van der Waals surface area contributed by atoms with Gasteiger partial charge in [0, 0.05) is 25.5 Å². The average Bonchev–Trinajstić information content (AvgIpc) is 2.83. The van der Waals surface area contributed by atoms with Crippen LogP contribution in [0.5, 0.6) is 0 Å². The van der Waals surface area contributed by atoms with Crippen molar-refractivity contribution in [2.45, 2.75) is 18.9 Å². The molecular weight excluding hydrogens is 218 g/mol. The molecule has 2 amide bonds. The second-order valence-corrected chi connectivity index (χ2v) is 4.07. The average molecular weight is 235 g/mol. The number of carbonyl (C=O) groups is 1. The van der Waals surface area contributed by atoms with Crippen molar-refractivity contribution in [3.63, 3.8) is 0 Å². The Labute approximate surface area is 101 Å². The number of hydrogen-bond acceptors (Lipinski definition) is 3. The molecule has 0 aliphatic carbocycles. The van der Waals surface area contributed by atoms with Crippen molar-refractivity contribution in [3.05, 3.63) is 30.1 Å². The number of nitrogens with zero attached hydrogens (tertiary/aromatic N) is 1. The highest BCUT2D eigenvalue weighted by Gasteiger charge is 2.17. The molecule has 1 atom stereocenters. The number of hydrogen-bond donors (Lipinski definition) is 2. The maximum absolute atomic E-state index is 11.5. The van der Waals surface area contributed by atoms with Crippen LogP contribution in [-0.2, 0) is 11.2 Å². The van der Waals surface area contributed by atoms with E-state index >= 15 is 0 Å². The van der Waals surface area contributed by atoms with Crippen LogP contribution < -0.4 is 10.6 Å². The Morgan fingerprint density at radius 1 is 1.47 bits per heavy atom. The van der Waals surface area contributed by atoms with E-state index in [1.165, 1.54) is 5.56 Å². The highest BCUT2D eigenvalue weighted by molar-refractivity contribution is 5.74. The fourth-order valence-electron chi connectivity index (χ4n) is 1.75. The minimum Gasteiger partial charge on any atom is -0.379 e. The van der Waals surface area contributed by atoms with Crippen molar-refractivity contribution >= 4 is 6.03 Å². The van der Waals surface area contributed by atoms with Crippen LogP contribution in [0.25, 0.3) is 0 Å². The first-order chi connectivity index (χ1) is 8.34. The maximum atomic E-state index is 11.5. The SMILES string of the molecule is O=C(NCCc1ccncc1)NC1CCOC1. The molecular formula is C12H17N3O2. The molecule has 2 heterocycles. The summed E-state index contributed by atoms with van der Waals surface area (Å²) in [6.45, 7) is 1.99. The van der Waals surface area contributed by atoms with Gasteiger partial charge in [0.1, 0.15) is 0 Å². The molecule has 17 heavy (non-hydrogen) atoms. The first-order valence-corrected chi connectivity index (χ1v) is 5.85. The summed E-state index contributed by atoms with van der Waals surface area (Å²) in [7, 11) is 0. The fraction of sp³-hybridized carbons (Fsp3) is 0.500. The van der Waals surface area contributed by atoms with Gasteiger partial charge >= 0.3 is 6.03 Å². The summed E-state index contributed by atoms with van der Waals surface area (Å²) in [5.74, 6) is 0. The normalized spacial score (nSPS) is 18.9. The predicted molar refractivity (Wildman–Crippen MR) is 63.7 cm³/mol. The van der Waals surface area contributed by atoms with E-state index in [2.05, 4.69) is 15.6 Å². The lowest BCUT2D eigenvalue weighted by Crippen LogP contribution is -2.42. The summed E-state index contributed by atoms with van der Waals surface area (Å²) in [6.07, 6.45) is 5.23. The smallest absolute Gasteiger partial charge is 0.315 e. The molecule has 1 unspecified atom stereocenters. The summed E-state index contributed by atoms with van der Waals surface area (Å²) < 4.78 is 5.18. The van der Waals surface area contributed by atoms with E-state index in [9.17, 15) is 4.79 Å². The lowest BCUT2D eigenvalue weighted by Gasteiger charge is -2.11. The molecule has 1 aromatic heterocycles. The third kappa shape index (κ3) is 4.03. The molecule has 1 aliphatic heterocycles. The zero-order valence-corrected chi connectivity index (χ0v) is 9.69. The number of aromatic nitrogens is 1. The van der Waals surface area contributed by atoms with Crippen molar-refractivity contribution < 1.29 is 9.53 Å². The van der Waals surface area contributed by atoms with Crippen molar-refractivity contribution in [2.24, 2.45) is 0 Å². The van der Waals surface area contributed by atoms with Crippen LogP contribution in [0.15, 0.2) is 24.5 Å². The van der Waals surface area contributed by atoms with Crippen LogP contribution in [0.2, 0.25) is 0 Å². The van der Waals surface area contributed by atoms with Crippen LogP contribution in [-0.4, -0.2) is 36.8 Å². The van der Waals surface area contributed by atoms with Gasteiger partial charge in [0.15, 0.2) is 0 Å². The summed E-state index contributed by atoms with van der Waals surface area (Å²) in [6, 6.07) is 3.94. The van der Waals surface area contributed by atoms with Gasteiger partial charge in [0.05, 0.1) is 12.6 Å². The van der Waals surface area contributed by atoms with Gasteiger partial charge in [-0.2, -0.15) is 0 Å². The third-order valence-corrected chi connectivity index (χ3v) is 2.71. The highest BCUT2D eigenvalue weighted by Crippen LogP contribution is 2.02. The molecule has 92 valence electrons. The minimum atomic E-state index is -0.116. The second-order valence-electron chi connectivity index (χ2n) is 4.07. The molecule has 2 rings (SSSR count). The maximum Gasteiger partial charge on any atom is 0.315 e. The highest BCUT2D eigenvalue weighted by atomic mass is 16.5. The number of carbonyl (C=O) groups excluding carboxylic acids is 1. The monoisotopic (exact) mass is 235 g/mol. The number of urea groups is 1. The van der Waals surface area contributed by atoms with Crippen LogP contribution in [0.1, 0.15) is 12.0 Å². The molecule has 1 fully saturated rings. The number of amides is 2. The standard InChI is InChI=1S/C12H17N3O2/c16-12(15-11-4-8-17-9-11)14-7-3-10-1-5-13-6-2-10/h1-2,5-6,11H,3-4,7-9H2,(H2,14,15,16). The number of rotatable bonds is 4. The molecule has 2 N–H and O–H groups in total. The van der Waals surface area contributed by atoms with Gasteiger partial charge in [-0.05, 0) is 30.5 Å². The van der Waals surface area contributed by atoms with Crippen molar-refractivity contribution in [1.82, 2.24) is 15.6 Å².